The zero-order chi connectivity index (χ0) is 17.9. The monoisotopic (exact) mass is 344 g/mol. The molecule has 0 aliphatic rings. The molecule has 0 radical (unpaired) electrons. The van der Waals surface area contributed by atoms with Crippen molar-refractivity contribution in [2.75, 3.05) is 6.61 Å². The molecule has 1 aromatic heterocycles. The number of aliphatic carboxylic acids is 1. The van der Waals surface area contributed by atoms with Gasteiger partial charge in [0.2, 0.25) is 0 Å². The van der Waals surface area contributed by atoms with Crippen LogP contribution in [-0.2, 0) is 23.8 Å². The van der Waals surface area contributed by atoms with Crippen LogP contribution in [0.3, 0.4) is 0 Å². The van der Waals surface area contributed by atoms with Crippen molar-refractivity contribution in [3.63, 3.8) is 0 Å². The number of hydrogen-bond donors (Lipinski definition) is 0. The average Bonchev–Trinajstić information content (AvgIpc) is 2.90. The summed E-state index contributed by atoms with van der Waals surface area (Å²) in [7, 11) is 0. The van der Waals surface area contributed by atoms with Gasteiger partial charge in [-0.3, -0.25) is 0 Å². The first-order chi connectivity index (χ1) is 11.3. The minimum absolute atomic E-state index is 0.0163. The lowest BCUT2D eigenvalue weighted by molar-refractivity contribution is -0.307. The summed E-state index contributed by atoms with van der Waals surface area (Å²) in [5.41, 5.74) is -0.192. The maximum absolute atomic E-state index is 13.1. The maximum Gasteiger partial charge on any atom is 0.437 e. The zero-order valence-electron chi connectivity index (χ0n) is 13.3. The van der Waals surface area contributed by atoms with E-state index in [4.69, 9.17) is 9.26 Å². The first-order valence-electron chi connectivity index (χ1n) is 7.63. The molecule has 0 aliphatic carbocycles. The van der Waals surface area contributed by atoms with Crippen molar-refractivity contribution in [3.05, 3.63) is 22.9 Å². The number of carboxylic acid groups (broad SMARTS) is 1. The Bertz CT molecular complexity index is 737. The van der Waals surface area contributed by atoms with Crippen molar-refractivity contribution in [1.29, 1.82) is 0 Å². The SMILES string of the molecule is CCCc1cc2c(C(F)(F)F)noc2c(CCC)c1OCC(=O)[O-]. The Labute approximate surface area is 136 Å². The molecule has 0 bridgehead atoms. The topological polar surface area (TPSA) is 75.4 Å². The summed E-state index contributed by atoms with van der Waals surface area (Å²) in [6.07, 6.45) is -2.54. The Morgan fingerprint density at radius 1 is 1.29 bits per heavy atom. The van der Waals surface area contributed by atoms with Gasteiger partial charge in [0.25, 0.3) is 0 Å². The lowest BCUT2D eigenvalue weighted by Crippen LogP contribution is -2.29. The lowest BCUT2D eigenvalue weighted by Gasteiger charge is -2.16. The van der Waals surface area contributed by atoms with E-state index in [2.05, 4.69) is 5.16 Å². The molecule has 0 atom stereocenters. The third-order valence-electron chi connectivity index (χ3n) is 3.51. The summed E-state index contributed by atoms with van der Waals surface area (Å²) in [6.45, 7) is 3.03. The maximum atomic E-state index is 13.1. The highest BCUT2D eigenvalue weighted by atomic mass is 19.4. The van der Waals surface area contributed by atoms with E-state index >= 15 is 0 Å². The molecule has 0 saturated heterocycles. The fourth-order valence-electron chi connectivity index (χ4n) is 2.63. The number of hydrogen-bond acceptors (Lipinski definition) is 5. The molecule has 0 amide bonds. The standard InChI is InChI=1S/C16H18F3NO4/c1-3-5-9-7-11-14(24-20-15(11)16(17,18)19)10(6-4-2)13(9)23-8-12(21)22/h7H,3-6,8H2,1-2H3,(H,21,22)/p-1. The van der Waals surface area contributed by atoms with Gasteiger partial charge in [0.15, 0.2) is 11.3 Å². The van der Waals surface area contributed by atoms with Crippen molar-refractivity contribution in [3.8, 4) is 5.75 Å². The molecule has 1 heterocycles. The van der Waals surface area contributed by atoms with Crippen LogP contribution in [0.5, 0.6) is 5.75 Å². The molecule has 2 rings (SSSR count). The number of rotatable bonds is 7. The summed E-state index contributed by atoms with van der Waals surface area (Å²) >= 11 is 0. The van der Waals surface area contributed by atoms with Crippen molar-refractivity contribution in [2.45, 2.75) is 45.7 Å². The molecule has 0 aliphatic heterocycles. The molecular weight excluding hydrogens is 327 g/mol. The summed E-state index contributed by atoms with van der Waals surface area (Å²) in [5.74, 6) is -1.16. The van der Waals surface area contributed by atoms with Crippen LogP contribution in [0.25, 0.3) is 11.0 Å². The Morgan fingerprint density at radius 2 is 1.96 bits per heavy atom. The third kappa shape index (κ3) is 3.63. The number of alkyl halides is 3. The summed E-state index contributed by atoms with van der Waals surface area (Å²) in [5, 5.41) is 13.7. The number of carbonyl (C=O) groups excluding carboxylic acids is 1. The summed E-state index contributed by atoms with van der Waals surface area (Å²) in [4.78, 5) is 10.7. The highest BCUT2D eigenvalue weighted by Gasteiger charge is 2.38. The van der Waals surface area contributed by atoms with Crippen LogP contribution in [0.1, 0.15) is 43.5 Å². The first-order valence-corrected chi connectivity index (χ1v) is 7.63. The summed E-state index contributed by atoms with van der Waals surface area (Å²) < 4.78 is 49.5. The van der Waals surface area contributed by atoms with Crippen molar-refractivity contribution in [2.24, 2.45) is 0 Å². The van der Waals surface area contributed by atoms with Gasteiger partial charge in [-0.05, 0) is 24.5 Å². The van der Waals surface area contributed by atoms with Crippen LogP contribution in [0.4, 0.5) is 13.2 Å². The molecule has 132 valence electrons. The fraction of sp³-hybridized carbons (Fsp3) is 0.500. The smallest absolute Gasteiger partial charge is 0.437 e. The molecule has 24 heavy (non-hydrogen) atoms. The fourth-order valence-corrected chi connectivity index (χ4v) is 2.63. The Kier molecular flexibility index (Phi) is 5.36. The number of aromatic nitrogens is 1. The van der Waals surface area contributed by atoms with Gasteiger partial charge in [-0.2, -0.15) is 13.2 Å². The van der Waals surface area contributed by atoms with Crippen LogP contribution >= 0.6 is 0 Å². The molecule has 0 spiro atoms. The molecule has 8 heteroatoms. The Hall–Kier alpha value is -2.25. The van der Waals surface area contributed by atoms with Gasteiger partial charge < -0.3 is 19.2 Å². The third-order valence-corrected chi connectivity index (χ3v) is 3.51. The molecule has 2 aromatic rings. The quantitative estimate of drug-likeness (QED) is 0.772. The van der Waals surface area contributed by atoms with E-state index in [1.165, 1.54) is 6.07 Å². The van der Waals surface area contributed by atoms with E-state index in [1.807, 2.05) is 13.8 Å². The van der Waals surface area contributed by atoms with Gasteiger partial charge in [-0.15, -0.1) is 0 Å². The van der Waals surface area contributed by atoms with E-state index in [1.54, 1.807) is 0 Å². The molecule has 0 N–H and O–H groups in total. The predicted molar refractivity (Wildman–Crippen MR) is 77.5 cm³/mol. The van der Waals surface area contributed by atoms with Crippen molar-refractivity contribution in [1.82, 2.24) is 5.16 Å². The van der Waals surface area contributed by atoms with Crippen LogP contribution in [0.2, 0.25) is 0 Å². The Morgan fingerprint density at radius 3 is 2.50 bits per heavy atom. The molecule has 5 nitrogen and oxygen atoms in total. The van der Waals surface area contributed by atoms with Gasteiger partial charge in [-0.1, -0.05) is 31.8 Å². The second-order valence-electron chi connectivity index (χ2n) is 5.41. The van der Waals surface area contributed by atoms with Crippen LogP contribution in [0, 0.1) is 0 Å². The molecule has 0 fully saturated rings. The molecule has 0 unspecified atom stereocenters. The molecule has 0 saturated carbocycles. The van der Waals surface area contributed by atoms with Crippen molar-refractivity contribution < 1.29 is 32.3 Å². The number of carbonyl (C=O) groups is 1. The van der Waals surface area contributed by atoms with E-state index in [9.17, 15) is 23.1 Å². The Balaban J connectivity index is 2.70. The van der Waals surface area contributed by atoms with E-state index < -0.39 is 24.4 Å². The largest absolute Gasteiger partial charge is 0.546 e. The van der Waals surface area contributed by atoms with Crippen LogP contribution < -0.4 is 9.84 Å². The lowest BCUT2D eigenvalue weighted by atomic mass is 9.98. The molecule has 1 aromatic carbocycles. The highest BCUT2D eigenvalue weighted by molar-refractivity contribution is 5.86. The minimum Gasteiger partial charge on any atom is -0.546 e. The first kappa shape index (κ1) is 18.1. The number of fused-ring (bicyclic) bond motifs is 1. The number of aryl methyl sites for hydroxylation is 2. The molecular formula is C16H17F3NO4-. The predicted octanol–water partition coefficient (Wildman–Crippen LogP) is 2.88. The van der Waals surface area contributed by atoms with E-state index in [0.717, 1.165) is 0 Å². The second-order valence-corrected chi connectivity index (χ2v) is 5.41. The van der Waals surface area contributed by atoms with Gasteiger partial charge in [0.1, 0.15) is 12.4 Å². The number of benzene rings is 1. The van der Waals surface area contributed by atoms with Gasteiger partial charge >= 0.3 is 6.18 Å². The van der Waals surface area contributed by atoms with Gasteiger partial charge in [0.05, 0.1) is 11.4 Å². The minimum atomic E-state index is -4.63. The average molecular weight is 344 g/mol. The number of ether oxygens (including phenoxy) is 1. The number of nitrogens with zero attached hydrogens (tertiary/aromatic N) is 1. The zero-order valence-corrected chi connectivity index (χ0v) is 13.3. The normalized spacial score (nSPS) is 11.9. The van der Waals surface area contributed by atoms with Crippen molar-refractivity contribution >= 4 is 16.9 Å². The van der Waals surface area contributed by atoms with Gasteiger partial charge in [0, 0.05) is 5.56 Å². The summed E-state index contributed by atoms with van der Waals surface area (Å²) in [6, 6.07) is 1.32. The second kappa shape index (κ2) is 7.11. The van der Waals surface area contributed by atoms with Crippen LogP contribution in [0.15, 0.2) is 10.6 Å². The number of halogens is 3. The number of carboxylic acids is 1. The van der Waals surface area contributed by atoms with Gasteiger partial charge in [-0.25, -0.2) is 0 Å². The highest BCUT2D eigenvalue weighted by Crippen LogP contribution is 2.40. The van der Waals surface area contributed by atoms with E-state index in [-0.39, 0.29) is 16.7 Å². The van der Waals surface area contributed by atoms with Crippen LogP contribution in [-0.4, -0.2) is 17.7 Å². The van der Waals surface area contributed by atoms with E-state index in [0.29, 0.717) is 36.8 Å².